The molecule has 18 heavy (non-hydrogen) atoms. The topological polar surface area (TPSA) is 72.6 Å². The van der Waals surface area contributed by atoms with Crippen molar-refractivity contribution in [3.8, 4) is 5.75 Å². The van der Waals surface area contributed by atoms with Crippen molar-refractivity contribution in [2.45, 2.75) is 13.5 Å². The second kappa shape index (κ2) is 5.30. The Kier molecular flexibility index (Phi) is 3.76. The summed E-state index contributed by atoms with van der Waals surface area (Å²) >= 11 is 1.02. The Hall–Kier alpha value is -1.69. The second-order valence-corrected chi connectivity index (χ2v) is 4.76. The molecule has 5 nitrogen and oxygen atoms in total. The van der Waals surface area contributed by atoms with Crippen LogP contribution in [0.25, 0.3) is 0 Å². The van der Waals surface area contributed by atoms with Crippen LogP contribution >= 0.6 is 11.8 Å². The van der Waals surface area contributed by atoms with Gasteiger partial charge in [0.2, 0.25) is 5.91 Å². The fraction of sp³-hybridized carbons (Fsp3) is 0.333. The third-order valence-corrected chi connectivity index (χ3v) is 3.41. The van der Waals surface area contributed by atoms with Gasteiger partial charge >= 0.3 is 0 Å². The Morgan fingerprint density at radius 3 is 2.83 bits per heavy atom. The van der Waals surface area contributed by atoms with Crippen LogP contribution in [0, 0.1) is 0 Å². The van der Waals surface area contributed by atoms with Gasteiger partial charge in [-0.2, -0.15) is 0 Å². The summed E-state index contributed by atoms with van der Waals surface area (Å²) in [5.74, 6) is 0.699. The molecule has 1 saturated heterocycles. The number of carbonyl (C=O) groups is 2. The second-order valence-electron chi connectivity index (χ2n) is 3.83. The van der Waals surface area contributed by atoms with Crippen LogP contribution in [0.15, 0.2) is 18.2 Å². The van der Waals surface area contributed by atoms with Crippen LogP contribution in [-0.4, -0.2) is 28.4 Å². The lowest BCUT2D eigenvalue weighted by Crippen LogP contribution is -2.28. The van der Waals surface area contributed by atoms with Gasteiger partial charge in [0, 0.05) is 11.3 Å². The zero-order valence-corrected chi connectivity index (χ0v) is 10.8. The number of hydrogen-bond acceptors (Lipinski definition) is 5. The van der Waals surface area contributed by atoms with Gasteiger partial charge < -0.3 is 10.5 Å². The van der Waals surface area contributed by atoms with Crippen LogP contribution in [0.3, 0.4) is 0 Å². The number of thioether (sulfide) groups is 1. The predicted octanol–water partition coefficient (Wildman–Crippen LogP) is 1.86. The lowest BCUT2D eigenvalue weighted by molar-refractivity contribution is -0.125. The molecule has 2 rings (SSSR count). The number of rotatable bonds is 4. The van der Waals surface area contributed by atoms with E-state index in [0.717, 1.165) is 17.3 Å². The largest absolute Gasteiger partial charge is 0.494 e. The van der Waals surface area contributed by atoms with Crippen LogP contribution in [0.1, 0.15) is 12.5 Å². The van der Waals surface area contributed by atoms with E-state index in [2.05, 4.69) is 0 Å². The Morgan fingerprint density at radius 1 is 1.44 bits per heavy atom. The number of amides is 2. The zero-order valence-electron chi connectivity index (χ0n) is 10.0. The maximum Gasteiger partial charge on any atom is 0.289 e. The van der Waals surface area contributed by atoms with E-state index in [-0.39, 0.29) is 23.4 Å². The van der Waals surface area contributed by atoms with E-state index in [4.69, 9.17) is 10.5 Å². The summed E-state index contributed by atoms with van der Waals surface area (Å²) in [6, 6.07) is 5.22. The summed E-state index contributed by atoms with van der Waals surface area (Å²) in [7, 11) is 0. The predicted molar refractivity (Wildman–Crippen MR) is 70.4 cm³/mol. The SMILES string of the molecule is CCOc1ccc(N)cc1CN1C(=O)CSC1=O. The molecule has 96 valence electrons. The van der Waals surface area contributed by atoms with Crippen molar-refractivity contribution in [3.63, 3.8) is 0 Å². The molecule has 2 amide bonds. The summed E-state index contributed by atoms with van der Waals surface area (Å²) in [5.41, 5.74) is 7.05. The Morgan fingerprint density at radius 2 is 2.22 bits per heavy atom. The minimum absolute atomic E-state index is 0.171. The average molecular weight is 266 g/mol. The van der Waals surface area contributed by atoms with Crippen molar-refractivity contribution in [1.82, 2.24) is 4.90 Å². The molecule has 0 unspecified atom stereocenters. The van der Waals surface area contributed by atoms with Crippen LogP contribution in [-0.2, 0) is 11.3 Å². The maximum absolute atomic E-state index is 11.6. The van der Waals surface area contributed by atoms with Gasteiger partial charge in [-0.15, -0.1) is 0 Å². The molecule has 6 heteroatoms. The number of benzene rings is 1. The summed E-state index contributed by atoms with van der Waals surface area (Å²) in [6.07, 6.45) is 0. The van der Waals surface area contributed by atoms with Gasteiger partial charge in [-0.3, -0.25) is 14.5 Å². The molecule has 1 aromatic carbocycles. The molecule has 0 saturated carbocycles. The number of imide groups is 1. The molecule has 0 radical (unpaired) electrons. The fourth-order valence-electron chi connectivity index (χ4n) is 1.72. The molecule has 1 aliphatic rings. The van der Waals surface area contributed by atoms with Crippen LogP contribution < -0.4 is 10.5 Å². The molecule has 1 heterocycles. The van der Waals surface area contributed by atoms with Crippen molar-refractivity contribution in [2.75, 3.05) is 18.1 Å². The first-order chi connectivity index (χ1) is 8.61. The van der Waals surface area contributed by atoms with Gasteiger partial charge in [0.25, 0.3) is 5.24 Å². The third kappa shape index (κ3) is 2.59. The van der Waals surface area contributed by atoms with Crippen molar-refractivity contribution in [2.24, 2.45) is 0 Å². The fourth-order valence-corrected chi connectivity index (χ4v) is 2.45. The minimum atomic E-state index is -0.218. The highest BCUT2D eigenvalue weighted by Gasteiger charge is 2.30. The van der Waals surface area contributed by atoms with Crippen molar-refractivity contribution < 1.29 is 14.3 Å². The van der Waals surface area contributed by atoms with Gasteiger partial charge in [-0.05, 0) is 25.1 Å². The quantitative estimate of drug-likeness (QED) is 0.842. The first-order valence-corrected chi connectivity index (χ1v) is 6.58. The Labute approximate surface area is 109 Å². The maximum atomic E-state index is 11.6. The van der Waals surface area contributed by atoms with E-state index in [9.17, 15) is 9.59 Å². The number of hydrogen-bond donors (Lipinski definition) is 1. The smallest absolute Gasteiger partial charge is 0.289 e. The van der Waals surface area contributed by atoms with Crippen LogP contribution in [0.2, 0.25) is 0 Å². The van der Waals surface area contributed by atoms with E-state index in [0.29, 0.717) is 18.0 Å². The number of nitrogens with zero attached hydrogens (tertiary/aromatic N) is 1. The standard InChI is InChI=1S/C12H14N2O3S/c1-2-17-10-4-3-9(13)5-8(10)6-14-11(15)7-18-12(14)16/h3-5H,2,6-7,13H2,1H3. The third-order valence-electron chi connectivity index (χ3n) is 2.55. The molecule has 0 atom stereocenters. The van der Waals surface area contributed by atoms with Crippen molar-refractivity contribution in [3.05, 3.63) is 23.8 Å². The minimum Gasteiger partial charge on any atom is -0.494 e. The molecular formula is C12H14N2O3S. The zero-order chi connectivity index (χ0) is 13.1. The summed E-state index contributed by atoms with van der Waals surface area (Å²) in [5, 5.41) is -0.218. The lowest BCUT2D eigenvalue weighted by atomic mass is 10.1. The summed E-state index contributed by atoms with van der Waals surface area (Å²) in [4.78, 5) is 24.3. The molecule has 1 aromatic rings. The van der Waals surface area contributed by atoms with Gasteiger partial charge in [-0.1, -0.05) is 11.8 Å². The molecule has 1 fully saturated rings. The first kappa shape index (κ1) is 12.8. The monoisotopic (exact) mass is 266 g/mol. The first-order valence-electron chi connectivity index (χ1n) is 5.60. The van der Waals surface area contributed by atoms with Crippen molar-refractivity contribution in [1.29, 1.82) is 0 Å². The summed E-state index contributed by atoms with van der Waals surface area (Å²) < 4.78 is 5.46. The molecule has 1 aliphatic heterocycles. The average Bonchev–Trinajstić information content (AvgIpc) is 2.64. The highest BCUT2D eigenvalue weighted by Crippen LogP contribution is 2.27. The van der Waals surface area contributed by atoms with E-state index in [1.807, 2.05) is 6.92 Å². The highest BCUT2D eigenvalue weighted by molar-refractivity contribution is 8.14. The van der Waals surface area contributed by atoms with E-state index < -0.39 is 0 Å². The molecule has 0 aliphatic carbocycles. The van der Waals surface area contributed by atoms with Crippen LogP contribution in [0.5, 0.6) is 5.75 Å². The Bertz CT molecular complexity index is 474. The van der Waals surface area contributed by atoms with Gasteiger partial charge in [0.1, 0.15) is 5.75 Å². The number of carbonyl (C=O) groups excluding carboxylic acids is 2. The summed E-state index contributed by atoms with van der Waals surface area (Å²) in [6.45, 7) is 2.61. The van der Waals surface area contributed by atoms with E-state index in [1.54, 1.807) is 18.2 Å². The number of nitrogen functional groups attached to an aromatic ring is 1. The van der Waals surface area contributed by atoms with Crippen molar-refractivity contribution >= 4 is 28.6 Å². The molecule has 2 N–H and O–H groups in total. The van der Waals surface area contributed by atoms with Gasteiger partial charge in [0.15, 0.2) is 0 Å². The highest BCUT2D eigenvalue weighted by atomic mass is 32.2. The normalized spacial score (nSPS) is 15.3. The molecular weight excluding hydrogens is 252 g/mol. The molecule has 0 spiro atoms. The van der Waals surface area contributed by atoms with Crippen LogP contribution in [0.4, 0.5) is 10.5 Å². The number of ether oxygens (including phenoxy) is 1. The van der Waals surface area contributed by atoms with E-state index in [1.165, 1.54) is 4.90 Å². The van der Waals surface area contributed by atoms with Gasteiger partial charge in [-0.25, -0.2) is 0 Å². The van der Waals surface area contributed by atoms with E-state index >= 15 is 0 Å². The number of anilines is 1. The molecule has 0 aromatic heterocycles. The van der Waals surface area contributed by atoms with Gasteiger partial charge in [0.05, 0.1) is 18.9 Å². The number of nitrogens with two attached hydrogens (primary N) is 1. The Balaban J connectivity index is 2.24. The molecule has 0 bridgehead atoms. The lowest BCUT2D eigenvalue weighted by Gasteiger charge is -2.16.